The number of rotatable bonds is 2. The molecule has 0 atom stereocenters. The number of anilines is 1. The Labute approximate surface area is 124 Å². The minimum Gasteiger partial charge on any atom is -0.372 e. The van der Waals surface area contributed by atoms with Crippen molar-refractivity contribution in [3.05, 3.63) is 35.0 Å². The molecule has 2 aliphatic rings. The van der Waals surface area contributed by atoms with Crippen LogP contribution in [0.5, 0.6) is 0 Å². The van der Waals surface area contributed by atoms with E-state index < -0.39 is 6.03 Å². The van der Waals surface area contributed by atoms with Crippen LogP contribution in [0.2, 0.25) is 0 Å². The highest BCUT2D eigenvalue weighted by atomic mass is 16.2. The van der Waals surface area contributed by atoms with Crippen molar-refractivity contribution in [2.75, 3.05) is 18.0 Å². The van der Waals surface area contributed by atoms with Crippen LogP contribution in [0.1, 0.15) is 30.4 Å². The Bertz CT molecular complexity index is 616. The van der Waals surface area contributed by atoms with Gasteiger partial charge in [0, 0.05) is 18.8 Å². The molecule has 0 aliphatic carbocycles. The predicted molar refractivity (Wildman–Crippen MR) is 81.9 cm³/mol. The first kappa shape index (κ1) is 13.7. The van der Waals surface area contributed by atoms with Crippen molar-refractivity contribution in [1.29, 1.82) is 0 Å². The van der Waals surface area contributed by atoms with E-state index in [0.29, 0.717) is 5.70 Å². The van der Waals surface area contributed by atoms with E-state index in [1.807, 2.05) is 13.0 Å². The molecule has 0 bridgehead atoms. The van der Waals surface area contributed by atoms with Gasteiger partial charge in [-0.1, -0.05) is 6.07 Å². The summed E-state index contributed by atoms with van der Waals surface area (Å²) in [5, 5.41) is 4.71. The molecule has 0 spiro atoms. The Hall–Kier alpha value is -2.30. The number of piperidine rings is 1. The third kappa shape index (κ3) is 2.91. The van der Waals surface area contributed by atoms with E-state index in [0.717, 1.165) is 24.2 Å². The second kappa shape index (κ2) is 5.60. The maximum Gasteiger partial charge on any atom is 0.326 e. The molecule has 3 rings (SSSR count). The lowest BCUT2D eigenvalue weighted by atomic mass is 10.0. The van der Waals surface area contributed by atoms with Gasteiger partial charge in [0.25, 0.3) is 5.91 Å². The van der Waals surface area contributed by atoms with Crippen molar-refractivity contribution in [2.24, 2.45) is 0 Å². The summed E-state index contributed by atoms with van der Waals surface area (Å²) in [6, 6.07) is 5.77. The van der Waals surface area contributed by atoms with Gasteiger partial charge in [-0.15, -0.1) is 0 Å². The number of carbonyl (C=O) groups is 2. The van der Waals surface area contributed by atoms with Crippen LogP contribution in [0, 0.1) is 6.92 Å². The number of nitrogens with zero attached hydrogens (tertiary/aromatic N) is 1. The van der Waals surface area contributed by atoms with Gasteiger partial charge in [0.2, 0.25) is 0 Å². The molecule has 2 heterocycles. The van der Waals surface area contributed by atoms with Crippen molar-refractivity contribution in [3.8, 4) is 0 Å². The maximum atomic E-state index is 11.5. The van der Waals surface area contributed by atoms with E-state index in [9.17, 15) is 9.59 Å². The van der Waals surface area contributed by atoms with Crippen LogP contribution >= 0.6 is 0 Å². The van der Waals surface area contributed by atoms with Gasteiger partial charge in [0.05, 0.1) is 0 Å². The first-order chi connectivity index (χ1) is 10.1. The second-order valence-corrected chi connectivity index (χ2v) is 5.55. The molecule has 21 heavy (non-hydrogen) atoms. The first-order valence-electron chi connectivity index (χ1n) is 7.33. The van der Waals surface area contributed by atoms with Crippen molar-refractivity contribution < 1.29 is 9.59 Å². The summed E-state index contributed by atoms with van der Waals surface area (Å²) in [7, 11) is 0. The van der Waals surface area contributed by atoms with E-state index >= 15 is 0 Å². The Kier molecular flexibility index (Phi) is 3.64. The molecule has 110 valence electrons. The van der Waals surface area contributed by atoms with Crippen LogP contribution in [0.15, 0.2) is 23.9 Å². The fraction of sp³-hybridized carbons (Fsp3) is 0.375. The molecular weight excluding hydrogens is 266 g/mol. The minimum absolute atomic E-state index is 0.300. The van der Waals surface area contributed by atoms with E-state index in [4.69, 9.17) is 0 Å². The molecule has 2 saturated heterocycles. The Balaban J connectivity index is 1.83. The summed E-state index contributed by atoms with van der Waals surface area (Å²) in [6.45, 7) is 4.24. The van der Waals surface area contributed by atoms with Crippen molar-refractivity contribution in [2.45, 2.75) is 26.2 Å². The SMILES string of the molecule is Cc1cc(N2CCCCC2)ccc1/C=C1/NC(=O)NC1=O. The molecule has 3 amide bonds. The summed E-state index contributed by atoms with van der Waals surface area (Å²) in [4.78, 5) is 25.1. The molecular formula is C16H19N3O2. The number of imide groups is 1. The lowest BCUT2D eigenvalue weighted by molar-refractivity contribution is -0.115. The Morgan fingerprint density at radius 2 is 1.86 bits per heavy atom. The van der Waals surface area contributed by atoms with Crippen molar-refractivity contribution in [3.63, 3.8) is 0 Å². The highest BCUT2D eigenvalue weighted by Gasteiger charge is 2.23. The van der Waals surface area contributed by atoms with Crippen LogP contribution in [-0.2, 0) is 4.79 Å². The van der Waals surface area contributed by atoms with Crippen molar-refractivity contribution >= 4 is 23.7 Å². The highest BCUT2D eigenvalue weighted by Crippen LogP contribution is 2.24. The Morgan fingerprint density at radius 3 is 2.48 bits per heavy atom. The first-order valence-corrected chi connectivity index (χ1v) is 7.33. The zero-order valence-electron chi connectivity index (χ0n) is 12.1. The van der Waals surface area contributed by atoms with Gasteiger partial charge in [-0.3, -0.25) is 10.1 Å². The topological polar surface area (TPSA) is 61.4 Å². The van der Waals surface area contributed by atoms with E-state index in [1.165, 1.54) is 24.9 Å². The second-order valence-electron chi connectivity index (χ2n) is 5.55. The smallest absolute Gasteiger partial charge is 0.326 e. The third-order valence-electron chi connectivity index (χ3n) is 3.99. The Morgan fingerprint density at radius 1 is 1.10 bits per heavy atom. The molecule has 2 fully saturated rings. The number of nitrogens with one attached hydrogen (secondary N) is 2. The third-order valence-corrected chi connectivity index (χ3v) is 3.99. The van der Waals surface area contributed by atoms with Crippen LogP contribution < -0.4 is 15.5 Å². The maximum absolute atomic E-state index is 11.5. The molecule has 1 aromatic rings. The summed E-state index contributed by atoms with van der Waals surface area (Å²) in [5.74, 6) is -0.375. The average molecular weight is 285 g/mol. The average Bonchev–Trinajstić information content (AvgIpc) is 2.80. The number of hydrogen-bond acceptors (Lipinski definition) is 3. The van der Waals surface area contributed by atoms with Crippen LogP contribution in [0.4, 0.5) is 10.5 Å². The molecule has 0 radical (unpaired) electrons. The van der Waals surface area contributed by atoms with Gasteiger partial charge >= 0.3 is 6.03 Å². The standard InChI is InChI=1S/C16H19N3O2/c1-11-9-13(19-7-3-2-4-8-19)6-5-12(11)10-14-15(20)18-16(21)17-14/h5-6,9-10H,2-4,7-8H2,1H3,(H2,17,18,20,21)/b14-10+. The monoisotopic (exact) mass is 285 g/mol. The lowest BCUT2D eigenvalue weighted by Crippen LogP contribution is -2.29. The molecule has 1 aromatic carbocycles. The zero-order chi connectivity index (χ0) is 14.8. The molecule has 0 saturated carbocycles. The van der Waals surface area contributed by atoms with Gasteiger partial charge in [-0.25, -0.2) is 4.79 Å². The fourth-order valence-electron chi connectivity index (χ4n) is 2.81. The normalized spacial score (nSPS) is 20.6. The van der Waals surface area contributed by atoms with E-state index in [-0.39, 0.29) is 5.91 Å². The largest absolute Gasteiger partial charge is 0.372 e. The minimum atomic E-state index is -0.464. The van der Waals surface area contributed by atoms with Gasteiger partial charge < -0.3 is 10.2 Å². The fourth-order valence-corrected chi connectivity index (χ4v) is 2.81. The van der Waals surface area contributed by atoms with Gasteiger partial charge in [0.15, 0.2) is 0 Å². The molecule has 5 nitrogen and oxygen atoms in total. The highest BCUT2D eigenvalue weighted by molar-refractivity contribution is 6.14. The summed E-state index contributed by atoms with van der Waals surface area (Å²) >= 11 is 0. The van der Waals surface area contributed by atoms with Crippen LogP contribution in [0.25, 0.3) is 6.08 Å². The number of amides is 3. The van der Waals surface area contributed by atoms with E-state index in [1.54, 1.807) is 6.08 Å². The summed E-state index contributed by atoms with van der Waals surface area (Å²) in [5.41, 5.74) is 3.57. The van der Waals surface area contributed by atoms with Gasteiger partial charge in [-0.2, -0.15) is 0 Å². The molecule has 2 N–H and O–H groups in total. The van der Waals surface area contributed by atoms with Gasteiger partial charge in [-0.05, 0) is 55.5 Å². The van der Waals surface area contributed by atoms with Gasteiger partial charge in [0.1, 0.15) is 5.70 Å². The number of urea groups is 1. The molecule has 5 heteroatoms. The number of aryl methyl sites for hydroxylation is 1. The number of carbonyl (C=O) groups excluding carboxylic acids is 2. The summed E-state index contributed by atoms with van der Waals surface area (Å²) < 4.78 is 0. The number of benzene rings is 1. The number of hydrogen-bond donors (Lipinski definition) is 2. The van der Waals surface area contributed by atoms with Crippen molar-refractivity contribution in [1.82, 2.24) is 10.6 Å². The quantitative estimate of drug-likeness (QED) is 0.646. The van der Waals surface area contributed by atoms with Crippen LogP contribution in [-0.4, -0.2) is 25.0 Å². The van der Waals surface area contributed by atoms with E-state index in [2.05, 4.69) is 27.7 Å². The molecule has 0 aromatic heterocycles. The van der Waals surface area contributed by atoms with Crippen LogP contribution in [0.3, 0.4) is 0 Å². The predicted octanol–water partition coefficient (Wildman–Crippen LogP) is 2.17. The lowest BCUT2D eigenvalue weighted by Gasteiger charge is -2.29. The zero-order valence-corrected chi connectivity index (χ0v) is 12.1. The molecule has 2 aliphatic heterocycles. The molecule has 0 unspecified atom stereocenters. The summed E-state index contributed by atoms with van der Waals surface area (Å²) in [6.07, 6.45) is 5.53.